The predicted octanol–water partition coefficient (Wildman–Crippen LogP) is 3.12. The molecule has 0 bridgehead atoms. The van der Waals surface area contributed by atoms with Gasteiger partial charge in [0.2, 0.25) is 0 Å². The van der Waals surface area contributed by atoms with Crippen molar-refractivity contribution in [3.8, 4) is 0 Å². The van der Waals surface area contributed by atoms with Crippen molar-refractivity contribution < 1.29 is 0 Å². The minimum absolute atomic E-state index is 0.212. The lowest BCUT2D eigenvalue weighted by Crippen LogP contribution is -2.17. The Balaban J connectivity index is 2.13. The molecule has 0 aliphatic carbocycles. The molecule has 5 nitrogen and oxygen atoms in total. The standard InChI is InChI=1S/C14H12Cl2N4O/c1-17-13-5-12-11(6-18-13)19-14(21)20(12)7-8-4-9(15)2-3-10(8)16/h2-6H,7H2,1H3,(H,17,18)(H,19,21). The largest absolute Gasteiger partial charge is 0.373 e. The summed E-state index contributed by atoms with van der Waals surface area (Å²) in [6, 6.07) is 7.01. The number of halogens is 2. The molecule has 108 valence electrons. The highest BCUT2D eigenvalue weighted by atomic mass is 35.5. The van der Waals surface area contributed by atoms with Gasteiger partial charge in [-0.05, 0) is 23.8 Å². The van der Waals surface area contributed by atoms with Crippen molar-refractivity contribution in [3.05, 3.63) is 56.6 Å². The first-order valence-electron chi connectivity index (χ1n) is 6.28. The SMILES string of the molecule is CNc1cc2c(cn1)[nH]c(=O)n2Cc1cc(Cl)ccc1Cl. The van der Waals surface area contributed by atoms with E-state index >= 15 is 0 Å². The molecule has 3 rings (SSSR count). The van der Waals surface area contributed by atoms with Crippen LogP contribution < -0.4 is 11.0 Å². The minimum Gasteiger partial charge on any atom is -0.373 e. The zero-order chi connectivity index (χ0) is 15.0. The van der Waals surface area contributed by atoms with E-state index in [0.29, 0.717) is 27.9 Å². The average Bonchev–Trinajstić information content (AvgIpc) is 2.78. The number of imidazole rings is 1. The molecular formula is C14H12Cl2N4O. The highest BCUT2D eigenvalue weighted by molar-refractivity contribution is 6.33. The summed E-state index contributed by atoms with van der Waals surface area (Å²) in [6.07, 6.45) is 1.62. The maximum absolute atomic E-state index is 12.1. The zero-order valence-electron chi connectivity index (χ0n) is 11.2. The number of aromatic amines is 1. The van der Waals surface area contributed by atoms with Crippen LogP contribution in [0.5, 0.6) is 0 Å². The van der Waals surface area contributed by atoms with Crippen molar-refractivity contribution >= 4 is 40.1 Å². The lowest BCUT2D eigenvalue weighted by atomic mass is 10.2. The summed E-state index contributed by atoms with van der Waals surface area (Å²) in [5.41, 5.74) is 2.01. The number of nitrogens with one attached hydrogen (secondary N) is 2. The molecule has 0 saturated carbocycles. The van der Waals surface area contributed by atoms with Gasteiger partial charge in [0.25, 0.3) is 0 Å². The van der Waals surface area contributed by atoms with E-state index in [2.05, 4.69) is 15.3 Å². The molecule has 0 aliphatic rings. The molecule has 2 heterocycles. The third-order valence-electron chi connectivity index (χ3n) is 3.25. The Morgan fingerprint density at radius 3 is 2.90 bits per heavy atom. The highest BCUT2D eigenvalue weighted by Gasteiger charge is 2.10. The Bertz CT molecular complexity index is 869. The van der Waals surface area contributed by atoms with Crippen molar-refractivity contribution in [2.45, 2.75) is 6.54 Å². The lowest BCUT2D eigenvalue weighted by Gasteiger charge is -2.07. The average molecular weight is 323 g/mol. The molecular weight excluding hydrogens is 311 g/mol. The van der Waals surface area contributed by atoms with Gasteiger partial charge in [0.15, 0.2) is 0 Å². The van der Waals surface area contributed by atoms with E-state index < -0.39 is 0 Å². The van der Waals surface area contributed by atoms with E-state index in [1.54, 1.807) is 36.0 Å². The summed E-state index contributed by atoms with van der Waals surface area (Å²) in [4.78, 5) is 19.1. The number of benzene rings is 1. The van der Waals surface area contributed by atoms with Gasteiger partial charge in [-0.1, -0.05) is 23.2 Å². The smallest absolute Gasteiger partial charge is 0.326 e. The molecule has 3 aromatic rings. The Hall–Kier alpha value is -1.98. The van der Waals surface area contributed by atoms with Crippen LogP contribution in [0, 0.1) is 0 Å². The van der Waals surface area contributed by atoms with Crippen LogP contribution in [0.4, 0.5) is 5.82 Å². The summed E-state index contributed by atoms with van der Waals surface area (Å²) >= 11 is 12.2. The van der Waals surface area contributed by atoms with Gasteiger partial charge in [0, 0.05) is 23.2 Å². The van der Waals surface area contributed by atoms with E-state index in [4.69, 9.17) is 23.2 Å². The Morgan fingerprint density at radius 2 is 2.14 bits per heavy atom. The minimum atomic E-state index is -0.212. The molecule has 0 aliphatic heterocycles. The van der Waals surface area contributed by atoms with Crippen LogP contribution >= 0.6 is 23.2 Å². The number of nitrogens with zero attached hydrogens (tertiary/aromatic N) is 2. The number of pyridine rings is 1. The zero-order valence-corrected chi connectivity index (χ0v) is 12.7. The van der Waals surface area contributed by atoms with Gasteiger partial charge in [0.1, 0.15) is 5.82 Å². The molecule has 0 unspecified atom stereocenters. The number of H-pyrrole nitrogens is 1. The molecule has 2 N–H and O–H groups in total. The first-order chi connectivity index (χ1) is 10.1. The number of hydrogen-bond donors (Lipinski definition) is 2. The van der Waals surface area contributed by atoms with Crippen molar-refractivity contribution in [1.82, 2.24) is 14.5 Å². The van der Waals surface area contributed by atoms with E-state index in [1.807, 2.05) is 6.07 Å². The fraction of sp³-hybridized carbons (Fsp3) is 0.143. The van der Waals surface area contributed by atoms with E-state index in [-0.39, 0.29) is 5.69 Å². The number of fused-ring (bicyclic) bond motifs is 1. The molecule has 21 heavy (non-hydrogen) atoms. The van der Waals surface area contributed by atoms with Gasteiger partial charge in [-0.2, -0.15) is 0 Å². The molecule has 0 fully saturated rings. The second kappa shape index (κ2) is 5.42. The fourth-order valence-corrected chi connectivity index (χ4v) is 2.56. The van der Waals surface area contributed by atoms with Crippen LogP contribution in [0.2, 0.25) is 10.0 Å². The normalized spacial score (nSPS) is 11.0. The third kappa shape index (κ3) is 2.62. The van der Waals surface area contributed by atoms with Gasteiger partial charge in [-0.3, -0.25) is 4.57 Å². The van der Waals surface area contributed by atoms with E-state index in [1.165, 1.54) is 0 Å². The van der Waals surface area contributed by atoms with Gasteiger partial charge < -0.3 is 10.3 Å². The van der Waals surface area contributed by atoms with Crippen LogP contribution in [0.25, 0.3) is 11.0 Å². The third-order valence-corrected chi connectivity index (χ3v) is 3.86. The van der Waals surface area contributed by atoms with Crippen LogP contribution in [-0.4, -0.2) is 21.6 Å². The molecule has 2 aromatic heterocycles. The van der Waals surface area contributed by atoms with Gasteiger partial charge in [-0.25, -0.2) is 9.78 Å². The number of rotatable bonds is 3. The summed E-state index contributed by atoms with van der Waals surface area (Å²) < 4.78 is 1.61. The van der Waals surface area contributed by atoms with E-state index in [9.17, 15) is 4.79 Å². The molecule has 7 heteroatoms. The molecule has 0 radical (unpaired) electrons. The topological polar surface area (TPSA) is 62.7 Å². The summed E-state index contributed by atoms with van der Waals surface area (Å²) in [7, 11) is 1.77. The predicted molar refractivity (Wildman–Crippen MR) is 85.5 cm³/mol. The van der Waals surface area contributed by atoms with Gasteiger partial charge in [0.05, 0.1) is 23.8 Å². The van der Waals surface area contributed by atoms with Crippen LogP contribution in [0.15, 0.2) is 35.3 Å². The lowest BCUT2D eigenvalue weighted by molar-refractivity contribution is 0.787. The molecule has 0 amide bonds. The Morgan fingerprint density at radius 1 is 1.33 bits per heavy atom. The maximum Gasteiger partial charge on any atom is 0.326 e. The van der Waals surface area contributed by atoms with E-state index in [0.717, 1.165) is 11.1 Å². The Labute approximate surface area is 130 Å². The first kappa shape index (κ1) is 14.0. The molecule has 1 aromatic carbocycles. The summed E-state index contributed by atoms with van der Waals surface area (Å²) in [6.45, 7) is 0.339. The van der Waals surface area contributed by atoms with Crippen LogP contribution in [-0.2, 0) is 6.54 Å². The number of hydrogen-bond acceptors (Lipinski definition) is 3. The van der Waals surface area contributed by atoms with Crippen molar-refractivity contribution in [2.75, 3.05) is 12.4 Å². The van der Waals surface area contributed by atoms with Crippen LogP contribution in [0.3, 0.4) is 0 Å². The molecule has 0 saturated heterocycles. The summed E-state index contributed by atoms with van der Waals surface area (Å²) in [5.74, 6) is 0.687. The summed E-state index contributed by atoms with van der Waals surface area (Å²) in [5, 5.41) is 4.11. The van der Waals surface area contributed by atoms with Crippen molar-refractivity contribution in [3.63, 3.8) is 0 Å². The second-order valence-corrected chi connectivity index (χ2v) is 5.43. The second-order valence-electron chi connectivity index (χ2n) is 4.59. The maximum atomic E-state index is 12.1. The number of aromatic nitrogens is 3. The molecule has 0 atom stereocenters. The monoisotopic (exact) mass is 322 g/mol. The number of anilines is 1. The van der Waals surface area contributed by atoms with Gasteiger partial charge in [-0.15, -0.1) is 0 Å². The molecule has 0 spiro atoms. The Kier molecular flexibility index (Phi) is 3.61. The highest BCUT2D eigenvalue weighted by Crippen LogP contribution is 2.22. The quantitative estimate of drug-likeness (QED) is 0.778. The van der Waals surface area contributed by atoms with Gasteiger partial charge >= 0.3 is 5.69 Å². The van der Waals surface area contributed by atoms with Crippen molar-refractivity contribution in [2.24, 2.45) is 0 Å². The first-order valence-corrected chi connectivity index (χ1v) is 7.04. The fourth-order valence-electron chi connectivity index (χ4n) is 2.18. The van der Waals surface area contributed by atoms with Crippen LogP contribution in [0.1, 0.15) is 5.56 Å². The van der Waals surface area contributed by atoms with Crippen molar-refractivity contribution in [1.29, 1.82) is 0 Å².